The molecule has 1 fully saturated rings. The first-order valence-electron chi connectivity index (χ1n) is 8.70. The Morgan fingerprint density at radius 1 is 1.40 bits per heavy atom. The lowest BCUT2D eigenvalue weighted by atomic mass is 9.93. The Hall–Kier alpha value is -2.63. The molecule has 1 aromatic carbocycles. The average molecular weight is 340 g/mol. The smallest absolute Gasteiger partial charge is 0.222 e. The standard InChI is InChI=1S/C19H24N4O2/c1-3-17(24)23-10-5-4-9-16(23)18-15(12-21-19(20)22-18)13-7-6-8-14(11-13)25-2/h6-8,11-12,16H,3-5,9-10H2,1-2H3,(H2,20,21,22). The lowest BCUT2D eigenvalue weighted by Crippen LogP contribution is -2.38. The summed E-state index contributed by atoms with van der Waals surface area (Å²) < 4.78 is 5.33. The largest absolute Gasteiger partial charge is 0.497 e. The zero-order chi connectivity index (χ0) is 17.8. The van der Waals surface area contributed by atoms with Gasteiger partial charge in [0.25, 0.3) is 0 Å². The number of ether oxygens (including phenoxy) is 1. The first-order chi connectivity index (χ1) is 12.1. The van der Waals surface area contributed by atoms with Gasteiger partial charge in [-0.1, -0.05) is 19.1 Å². The first kappa shape index (κ1) is 17.2. The fraction of sp³-hybridized carbons (Fsp3) is 0.421. The van der Waals surface area contributed by atoms with Gasteiger partial charge >= 0.3 is 0 Å². The van der Waals surface area contributed by atoms with Crippen molar-refractivity contribution in [2.75, 3.05) is 19.4 Å². The number of nitrogens with zero attached hydrogens (tertiary/aromatic N) is 3. The molecule has 132 valence electrons. The lowest BCUT2D eigenvalue weighted by molar-refractivity contribution is -0.134. The topological polar surface area (TPSA) is 81.3 Å². The summed E-state index contributed by atoms with van der Waals surface area (Å²) in [7, 11) is 1.64. The molecular weight excluding hydrogens is 316 g/mol. The zero-order valence-corrected chi connectivity index (χ0v) is 14.7. The van der Waals surface area contributed by atoms with Crippen LogP contribution in [0.1, 0.15) is 44.3 Å². The molecule has 1 amide bonds. The summed E-state index contributed by atoms with van der Waals surface area (Å²) in [5, 5.41) is 0. The molecule has 0 saturated carbocycles. The summed E-state index contributed by atoms with van der Waals surface area (Å²) in [4.78, 5) is 23.1. The summed E-state index contributed by atoms with van der Waals surface area (Å²) in [6.45, 7) is 2.66. The Labute approximate surface area is 148 Å². The van der Waals surface area contributed by atoms with Gasteiger partial charge in [0, 0.05) is 24.7 Å². The second-order valence-electron chi connectivity index (χ2n) is 6.21. The van der Waals surface area contributed by atoms with Crippen molar-refractivity contribution in [2.24, 2.45) is 0 Å². The van der Waals surface area contributed by atoms with E-state index in [0.29, 0.717) is 6.42 Å². The van der Waals surface area contributed by atoms with E-state index in [-0.39, 0.29) is 17.9 Å². The van der Waals surface area contributed by atoms with Crippen LogP contribution in [0.5, 0.6) is 5.75 Å². The highest BCUT2D eigenvalue weighted by molar-refractivity contribution is 5.77. The normalized spacial score (nSPS) is 17.4. The molecule has 1 saturated heterocycles. The molecule has 3 rings (SSSR count). The summed E-state index contributed by atoms with van der Waals surface area (Å²) in [6, 6.07) is 7.72. The molecule has 25 heavy (non-hydrogen) atoms. The number of hydrogen-bond donors (Lipinski definition) is 1. The molecular formula is C19H24N4O2. The Morgan fingerprint density at radius 2 is 2.24 bits per heavy atom. The van der Waals surface area contributed by atoms with E-state index in [0.717, 1.165) is 48.4 Å². The Kier molecular flexibility index (Phi) is 5.16. The van der Waals surface area contributed by atoms with Gasteiger partial charge in [-0.2, -0.15) is 0 Å². The van der Waals surface area contributed by atoms with Crippen LogP contribution in [0.2, 0.25) is 0 Å². The van der Waals surface area contributed by atoms with Gasteiger partial charge in [-0.15, -0.1) is 0 Å². The minimum absolute atomic E-state index is 0.0623. The van der Waals surface area contributed by atoms with Crippen LogP contribution in [-0.2, 0) is 4.79 Å². The van der Waals surface area contributed by atoms with Crippen molar-refractivity contribution in [2.45, 2.75) is 38.6 Å². The first-order valence-corrected chi connectivity index (χ1v) is 8.70. The molecule has 0 aliphatic carbocycles. The van der Waals surface area contributed by atoms with E-state index in [1.165, 1.54) is 0 Å². The van der Waals surface area contributed by atoms with Crippen molar-refractivity contribution in [3.63, 3.8) is 0 Å². The predicted molar refractivity (Wildman–Crippen MR) is 97.0 cm³/mol. The maximum Gasteiger partial charge on any atom is 0.222 e. The molecule has 1 atom stereocenters. The van der Waals surface area contributed by atoms with Crippen LogP contribution in [0.25, 0.3) is 11.1 Å². The van der Waals surface area contributed by atoms with Gasteiger partial charge < -0.3 is 15.4 Å². The molecule has 1 aliphatic heterocycles. The highest BCUT2D eigenvalue weighted by atomic mass is 16.5. The van der Waals surface area contributed by atoms with Gasteiger partial charge in [-0.25, -0.2) is 9.97 Å². The van der Waals surface area contributed by atoms with Gasteiger partial charge in [0.15, 0.2) is 0 Å². The summed E-state index contributed by atoms with van der Waals surface area (Å²) in [5.74, 6) is 1.15. The highest BCUT2D eigenvalue weighted by Gasteiger charge is 2.30. The van der Waals surface area contributed by atoms with Crippen molar-refractivity contribution in [1.29, 1.82) is 0 Å². The van der Waals surface area contributed by atoms with Crippen molar-refractivity contribution in [1.82, 2.24) is 14.9 Å². The molecule has 0 spiro atoms. The van der Waals surface area contributed by atoms with Crippen molar-refractivity contribution in [3.8, 4) is 16.9 Å². The fourth-order valence-corrected chi connectivity index (χ4v) is 3.39. The second-order valence-corrected chi connectivity index (χ2v) is 6.21. The van der Waals surface area contributed by atoms with Crippen LogP contribution < -0.4 is 10.5 Å². The SMILES string of the molecule is CCC(=O)N1CCCCC1c1nc(N)ncc1-c1cccc(OC)c1. The van der Waals surface area contributed by atoms with Crippen LogP contribution in [0.15, 0.2) is 30.5 Å². The molecule has 2 N–H and O–H groups in total. The van der Waals surface area contributed by atoms with Crippen molar-refractivity contribution < 1.29 is 9.53 Å². The van der Waals surface area contributed by atoms with Crippen LogP contribution in [0.3, 0.4) is 0 Å². The third kappa shape index (κ3) is 3.57. The van der Waals surface area contributed by atoms with Crippen LogP contribution in [0.4, 0.5) is 5.95 Å². The number of aromatic nitrogens is 2. The van der Waals surface area contributed by atoms with Crippen LogP contribution in [0, 0.1) is 0 Å². The van der Waals surface area contributed by atoms with Gasteiger partial charge in [0.2, 0.25) is 11.9 Å². The number of nitrogens with two attached hydrogens (primary N) is 1. The second kappa shape index (κ2) is 7.51. The number of amides is 1. The van der Waals surface area contributed by atoms with Crippen LogP contribution in [-0.4, -0.2) is 34.4 Å². The van der Waals surface area contributed by atoms with E-state index < -0.39 is 0 Å². The molecule has 1 unspecified atom stereocenters. The number of likely N-dealkylation sites (tertiary alicyclic amines) is 1. The van der Waals surface area contributed by atoms with E-state index in [4.69, 9.17) is 10.5 Å². The Balaban J connectivity index is 2.08. The fourth-order valence-electron chi connectivity index (χ4n) is 3.39. The van der Waals surface area contributed by atoms with Gasteiger partial charge in [-0.05, 0) is 37.0 Å². The number of benzene rings is 1. The van der Waals surface area contributed by atoms with Gasteiger partial charge in [0.05, 0.1) is 18.8 Å². The number of hydrogen-bond acceptors (Lipinski definition) is 5. The average Bonchev–Trinajstić information content (AvgIpc) is 2.67. The number of nitrogen functional groups attached to an aromatic ring is 1. The van der Waals surface area contributed by atoms with E-state index in [9.17, 15) is 4.79 Å². The highest BCUT2D eigenvalue weighted by Crippen LogP contribution is 2.36. The van der Waals surface area contributed by atoms with Crippen molar-refractivity contribution >= 4 is 11.9 Å². The van der Waals surface area contributed by atoms with E-state index in [1.54, 1.807) is 13.3 Å². The number of piperidine rings is 1. The monoisotopic (exact) mass is 340 g/mol. The maximum atomic E-state index is 12.4. The Morgan fingerprint density at radius 3 is 3.00 bits per heavy atom. The molecule has 6 nitrogen and oxygen atoms in total. The number of methoxy groups -OCH3 is 1. The van der Waals surface area contributed by atoms with E-state index in [1.807, 2.05) is 36.1 Å². The molecule has 2 heterocycles. The third-order valence-corrected chi connectivity index (χ3v) is 4.66. The number of anilines is 1. The summed E-state index contributed by atoms with van der Waals surface area (Å²) in [6.07, 6.45) is 5.22. The maximum absolute atomic E-state index is 12.4. The number of carbonyl (C=O) groups excluding carboxylic acids is 1. The van der Waals surface area contributed by atoms with E-state index in [2.05, 4.69) is 9.97 Å². The quantitative estimate of drug-likeness (QED) is 0.924. The van der Waals surface area contributed by atoms with Gasteiger partial charge in [-0.3, -0.25) is 4.79 Å². The van der Waals surface area contributed by atoms with Crippen LogP contribution >= 0.6 is 0 Å². The molecule has 2 aromatic rings. The number of carbonyl (C=O) groups is 1. The lowest BCUT2D eigenvalue weighted by Gasteiger charge is -2.36. The minimum Gasteiger partial charge on any atom is -0.497 e. The molecule has 0 radical (unpaired) electrons. The molecule has 6 heteroatoms. The summed E-state index contributed by atoms with van der Waals surface area (Å²) >= 11 is 0. The molecule has 1 aromatic heterocycles. The third-order valence-electron chi connectivity index (χ3n) is 4.66. The zero-order valence-electron chi connectivity index (χ0n) is 14.7. The predicted octanol–water partition coefficient (Wildman–Crippen LogP) is 3.20. The van der Waals surface area contributed by atoms with Gasteiger partial charge in [0.1, 0.15) is 5.75 Å². The number of rotatable bonds is 4. The molecule has 1 aliphatic rings. The van der Waals surface area contributed by atoms with Crippen molar-refractivity contribution in [3.05, 3.63) is 36.2 Å². The minimum atomic E-state index is -0.0623. The Bertz CT molecular complexity index is 763. The van der Waals surface area contributed by atoms with E-state index >= 15 is 0 Å². The molecule has 0 bridgehead atoms. The summed E-state index contributed by atoms with van der Waals surface area (Å²) in [5.41, 5.74) is 8.55.